The summed E-state index contributed by atoms with van der Waals surface area (Å²) in [6.45, 7) is 0.900. The first kappa shape index (κ1) is 8.54. The van der Waals surface area contributed by atoms with Crippen molar-refractivity contribution in [3.63, 3.8) is 0 Å². The number of hydrogen-bond acceptors (Lipinski definition) is 1. The third-order valence-corrected chi connectivity index (χ3v) is 3.44. The summed E-state index contributed by atoms with van der Waals surface area (Å²) in [6, 6.07) is 0. The van der Waals surface area contributed by atoms with Gasteiger partial charge in [0.1, 0.15) is 0 Å². The van der Waals surface area contributed by atoms with Gasteiger partial charge in [0.2, 0.25) is 5.91 Å². The van der Waals surface area contributed by atoms with E-state index in [-0.39, 0.29) is 5.91 Å². The molecule has 68 valence electrons. The van der Waals surface area contributed by atoms with Gasteiger partial charge in [-0.15, -0.1) is 0 Å². The summed E-state index contributed by atoms with van der Waals surface area (Å²) in [6.07, 6.45) is 4.67. The van der Waals surface area contributed by atoms with Gasteiger partial charge in [0, 0.05) is 17.3 Å². The van der Waals surface area contributed by atoms with E-state index in [9.17, 15) is 4.79 Å². The first-order valence-corrected chi connectivity index (χ1v) is 5.59. The lowest BCUT2D eigenvalue weighted by Gasteiger charge is -2.31. The Morgan fingerprint density at radius 2 is 2.08 bits per heavy atom. The molecule has 0 saturated heterocycles. The molecular weight excluding hydrogens is 218 g/mol. The Bertz CT molecular complexity index is 185. The van der Waals surface area contributed by atoms with E-state index in [0.717, 1.165) is 25.3 Å². The SMILES string of the molecule is O=C(NCC1CC(Br)C1)C1CC1. The molecule has 0 aromatic rings. The minimum Gasteiger partial charge on any atom is -0.356 e. The van der Waals surface area contributed by atoms with E-state index in [2.05, 4.69) is 21.2 Å². The molecule has 2 aliphatic carbocycles. The van der Waals surface area contributed by atoms with E-state index in [1.165, 1.54) is 12.8 Å². The van der Waals surface area contributed by atoms with Crippen LogP contribution >= 0.6 is 15.9 Å². The standard InChI is InChI=1S/C9H14BrNO/c10-8-3-6(4-8)5-11-9(12)7-1-2-7/h6-8H,1-5H2,(H,11,12). The maximum Gasteiger partial charge on any atom is 0.223 e. The molecule has 0 atom stereocenters. The van der Waals surface area contributed by atoms with Gasteiger partial charge in [-0.2, -0.15) is 0 Å². The molecule has 3 heteroatoms. The van der Waals surface area contributed by atoms with Crippen LogP contribution in [0.25, 0.3) is 0 Å². The molecule has 0 aliphatic heterocycles. The number of rotatable bonds is 3. The maximum atomic E-state index is 11.2. The highest BCUT2D eigenvalue weighted by atomic mass is 79.9. The number of alkyl halides is 1. The molecule has 1 N–H and O–H groups in total. The second-order valence-corrected chi connectivity index (χ2v) is 5.25. The van der Waals surface area contributed by atoms with Crippen LogP contribution < -0.4 is 5.32 Å². The van der Waals surface area contributed by atoms with Crippen molar-refractivity contribution >= 4 is 21.8 Å². The van der Waals surface area contributed by atoms with E-state index in [4.69, 9.17) is 0 Å². The highest BCUT2D eigenvalue weighted by molar-refractivity contribution is 9.09. The summed E-state index contributed by atoms with van der Waals surface area (Å²) in [5, 5.41) is 3.01. The summed E-state index contributed by atoms with van der Waals surface area (Å²) in [7, 11) is 0. The third-order valence-electron chi connectivity index (χ3n) is 2.69. The van der Waals surface area contributed by atoms with Gasteiger partial charge in [-0.25, -0.2) is 0 Å². The predicted molar refractivity (Wildman–Crippen MR) is 51.2 cm³/mol. The second kappa shape index (κ2) is 3.36. The molecule has 0 bridgehead atoms. The van der Waals surface area contributed by atoms with Crippen LogP contribution in [0.2, 0.25) is 0 Å². The summed E-state index contributed by atoms with van der Waals surface area (Å²) in [5.41, 5.74) is 0. The number of nitrogens with one attached hydrogen (secondary N) is 1. The zero-order valence-corrected chi connectivity index (χ0v) is 8.64. The second-order valence-electron chi connectivity index (χ2n) is 3.95. The lowest BCUT2D eigenvalue weighted by molar-refractivity contribution is -0.122. The van der Waals surface area contributed by atoms with Crippen LogP contribution in [0.3, 0.4) is 0 Å². The Morgan fingerprint density at radius 1 is 1.42 bits per heavy atom. The van der Waals surface area contributed by atoms with Crippen LogP contribution in [0.4, 0.5) is 0 Å². The molecular formula is C9H14BrNO. The Morgan fingerprint density at radius 3 is 2.58 bits per heavy atom. The molecule has 0 aromatic carbocycles. The predicted octanol–water partition coefficient (Wildman–Crippen LogP) is 1.69. The molecule has 0 spiro atoms. The molecule has 12 heavy (non-hydrogen) atoms. The van der Waals surface area contributed by atoms with Gasteiger partial charge in [0.15, 0.2) is 0 Å². The van der Waals surface area contributed by atoms with Crippen LogP contribution in [0.1, 0.15) is 25.7 Å². The number of hydrogen-bond donors (Lipinski definition) is 1. The molecule has 2 saturated carbocycles. The normalized spacial score (nSPS) is 34.1. The van der Waals surface area contributed by atoms with E-state index < -0.39 is 0 Å². The van der Waals surface area contributed by atoms with Gasteiger partial charge in [-0.3, -0.25) is 4.79 Å². The largest absolute Gasteiger partial charge is 0.356 e. The number of carbonyl (C=O) groups excluding carboxylic acids is 1. The topological polar surface area (TPSA) is 29.1 Å². The van der Waals surface area contributed by atoms with E-state index in [0.29, 0.717) is 10.7 Å². The molecule has 0 unspecified atom stereocenters. The molecule has 2 rings (SSSR count). The van der Waals surface area contributed by atoms with Crippen molar-refractivity contribution in [2.45, 2.75) is 30.5 Å². The fourth-order valence-electron chi connectivity index (χ4n) is 1.56. The quantitative estimate of drug-likeness (QED) is 0.737. The fourth-order valence-corrected chi connectivity index (χ4v) is 2.61. The average molecular weight is 232 g/mol. The third kappa shape index (κ3) is 2.00. The van der Waals surface area contributed by atoms with Crippen molar-refractivity contribution in [2.24, 2.45) is 11.8 Å². The molecule has 2 nitrogen and oxygen atoms in total. The summed E-state index contributed by atoms with van der Waals surface area (Å²) >= 11 is 3.54. The Labute approximate surface area is 81.2 Å². The van der Waals surface area contributed by atoms with Gasteiger partial charge >= 0.3 is 0 Å². The minimum atomic E-state index is 0.285. The first-order valence-electron chi connectivity index (χ1n) is 4.67. The zero-order valence-electron chi connectivity index (χ0n) is 7.05. The molecule has 0 aromatic heterocycles. The molecule has 2 aliphatic rings. The van der Waals surface area contributed by atoms with Gasteiger partial charge in [-0.1, -0.05) is 15.9 Å². The summed E-state index contributed by atoms with van der Waals surface area (Å²) in [5.74, 6) is 1.38. The van der Waals surface area contributed by atoms with Crippen LogP contribution in [0, 0.1) is 11.8 Å². The zero-order chi connectivity index (χ0) is 8.55. The van der Waals surface area contributed by atoms with Crippen LogP contribution in [-0.4, -0.2) is 17.3 Å². The lowest BCUT2D eigenvalue weighted by Crippen LogP contribution is -2.36. The maximum absolute atomic E-state index is 11.2. The minimum absolute atomic E-state index is 0.285. The fraction of sp³-hybridized carbons (Fsp3) is 0.889. The van der Waals surface area contributed by atoms with Crippen molar-refractivity contribution < 1.29 is 4.79 Å². The Balaban J connectivity index is 1.59. The van der Waals surface area contributed by atoms with Crippen LogP contribution in [0.5, 0.6) is 0 Å². The van der Waals surface area contributed by atoms with Crippen molar-refractivity contribution in [1.82, 2.24) is 5.32 Å². The van der Waals surface area contributed by atoms with Gasteiger partial charge in [0.05, 0.1) is 0 Å². The van der Waals surface area contributed by atoms with Crippen molar-refractivity contribution in [1.29, 1.82) is 0 Å². The molecule has 0 heterocycles. The Hall–Kier alpha value is -0.0500. The van der Waals surface area contributed by atoms with E-state index in [1.807, 2.05) is 0 Å². The highest BCUT2D eigenvalue weighted by Gasteiger charge is 2.31. The lowest BCUT2D eigenvalue weighted by atomic mass is 9.85. The van der Waals surface area contributed by atoms with Crippen molar-refractivity contribution in [3.8, 4) is 0 Å². The summed E-state index contributed by atoms with van der Waals surface area (Å²) < 4.78 is 0. The highest BCUT2D eigenvalue weighted by Crippen LogP contribution is 2.33. The first-order chi connectivity index (χ1) is 5.75. The van der Waals surface area contributed by atoms with Crippen molar-refractivity contribution in [3.05, 3.63) is 0 Å². The molecule has 1 amide bonds. The van der Waals surface area contributed by atoms with Gasteiger partial charge < -0.3 is 5.32 Å². The van der Waals surface area contributed by atoms with Crippen LogP contribution in [-0.2, 0) is 4.79 Å². The van der Waals surface area contributed by atoms with E-state index >= 15 is 0 Å². The summed E-state index contributed by atoms with van der Waals surface area (Å²) in [4.78, 5) is 11.9. The smallest absolute Gasteiger partial charge is 0.223 e. The number of carbonyl (C=O) groups is 1. The number of amides is 1. The van der Waals surface area contributed by atoms with E-state index in [1.54, 1.807) is 0 Å². The average Bonchev–Trinajstić information content (AvgIpc) is 2.77. The van der Waals surface area contributed by atoms with Crippen LogP contribution in [0.15, 0.2) is 0 Å². The monoisotopic (exact) mass is 231 g/mol. The molecule has 2 fully saturated rings. The van der Waals surface area contributed by atoms with Gasteiger partial charge in [-0.05, 0) is 31.6 Å². The van der Waals surface area contributed by atoms with Gasteiger partial charge in [0.25, 0.3) is 0 Å². The molecule has 0 radical (unpaired) electrons. The number of halogens is 1. The Kier molecular flexibility index (Phi) is 2.40. The van der Waals surface area contributed by atoms with Crippen molar-refractivity contribution in [2.75, 3.05) is 6.54 Å².